The van der Waals surface area contributed by atoms with Crippen molar-refractivity contribution in [1.82, 2.24) is 4.98 Å². The molecule has 0 aliphatic carbocycles. The van der Waals surface area contributed by atoms with Crippen LogP contribution < -0.4 is 5.32 Å². The van der Waals surface area contributed by atoms with Crippen LogP contribution in [0.15, 0.2) is 0 Å². The molecule has 19 heavy (non-hydrogen) atoms. The maximum Gasteiger partial charge on any atom is 0.329 e. The van der Waals surface area contributed by atoms with Gasteiger partial charge in [-0.3, -0.25) is 14.9 Å². The number of hydrogen-bond donors (Lipinski definition) is 1. The fourth-order valence-corrected chi connectivity index (χ4v) is 1.79. The highest BCUT2D eigenvalue weighted by molar-refractivity contribution is 6.32. The van der Waals surface area contributed by atoms with Gasteiger partial charge in [0.1, 0.15) is 12.2 Å². The minimum atomic E-state index is -0.630. The van der Waals surface area contributed by atoms with E-state index in [1.807, 2.05) is 0 Å². The van der Waals surface area contributed by atoms with Crippen LogP contribution in [-0.2, 0) is 9.53 Å². The zero-order valence-electron chi connectivity index (χ0n) is 10.8. The summed E-state index contributed by atoms with van der Waals surface area (Å²) < 4.78 is 4.74. The number of aryl methyl sites for hydroxylation is 1. The van der Waals surface area contributed by atoms with Crippen LogP contribution >= 0.6 is 11.6 Å². The lowest BCUT2D eigenvalue weighted by Gasteiger charge is -2.12. The van der Waals surface area contributed by atoms with Crippen LogP contribution in [0.5, 0.6) is 0 Å². The average Bonchev–Trinajstić information content (AvgIpc) is 2.31. The molecule has 0 saturated carbocycles. The molecule has 0 spiro atoms. The van der Waals surface area contributed by atoms with Gasteiger partial charge in [0.2, 0.25) is 5.15 Å². The Balaban J connectivity index is 3.10. The van der Waals surface area contributed by atoms with Gasteiger partial charge in [-0.15, -0.1) is 0 Å². The quantitative estimate of drug-likeness (QED) is 0.386. The van der Waals surface area contributed by atoms with Gasteiger partial charge in [-0.2, -0.15) is 0 Å². The normalized spacial score (nSPS) is 10.1. The van der Waals surface area contributed by atoms with Crippen LogP contribution in [0, 0.1) is 24.0 Å². The summed E-state index contributed by atoms with van der Waals surface area (Å²) in [6.45, 7) is 5.10. The van der Waals surface area contributed by atoms with Crippen LogP contribution in [0.25, 0.3) is 0 Å². The zero-order chi connectivity index (χ0) is 14.6. The molecule has 1 rings (SSSR count). The highest BCUT2D eigenvalue weighted by atomic mass is 35.5. The SMILES string of the molecule is CCOC(=O)CNc1c(C)c(C)nc(Cl)c1[N+](=O)[O-]. The summed E-state index contributed by atoms with van der Waals surface area (Å²) in [5.41, 5.74) is 0.979. The molecule has 0 fully saturated rings. The fourth-order valence-electron chi connectivity index (χ4n) is 1.50. The smallest absolute Gasteiger partial charge is 0.329 e. The van der Waals surface area contributed by atoms with E-state index in [1.165, 1.54) is 0 Å². The van der Waals surface area contributed by atoms with E-state index in [1.54, 1.807) is 20.8 Å². The van der Waals surface area contributed by atoms with E-state index < -0.39 is 10.9 Å². The Morgan fingerprint density at radius 2 is 2.16 bits per heavy atom. The first-order chi connectivity index (χ1) is 8.88. The van der Waals surface area contributed by atoms with Crippen LogP contribution in [0.3, 0.4) is 0 Å². The van der Waals surface area contributed by atoms with Gasteiger partial charge in [-0.1, -0.05) is 11.6 Å². The Morgan fingerprint density at radius 3 is 2.68 bits per heavy atom. The number of esters is 1. The molecule has 0 unspecified atom stereocenters. The molecule has 104 valence electrons. The van der Waals surface area contributed by atoms with E-state index in [0.717, 1.165) is 0 Å². The van der Waals surface area contributed by atoms with Gasteiger partial charge in [-0.05, 0) is 20.8 Å². The maximum absolute atomic E-state index is 11.3. The number of pyridine rings is 1. The van der Waals surface area contributed by atoms with Gasteiger partial charge in [0.15, 0.2) is 0 Å². The molecule has 0 amide bonds. The molecule has 8 heteroatoms. The van der Waals surface area contributed by atoms with Crippen molar-refractivity contribution in [2.75, 3.05) is 18.5 Å². The molecule has 0 aliphatic heterocycles. The number of aromatic nitrogens is 1. The highest BCUT2D eigenvalue weighted by Gasteiger charge is 2.24. The summed E-state index contributed by atoms with van der Waals surface area (Å²) in [5.74, 6) is -0.498. The predicted octanol–water partition coefficient (Wildman–Crippen LogP) is 2.24. The number of halogens is 1. The van der Waals surface area contributed by atoms with Crippen LogP contribution in [0.2, 0.25) is 5.15 Å². The standard InChI is InChI=1S/C11H14ClN3O4/c1-4-19-8(16)5-13-9-6(2)7(3)14-11(12)10(9)15(17)18/h4-5H2,1-3H3,(H,13,14). The van der Waals surface area contributed by atoms with E-state index in [2.05, 4.69) is 10.3 Å². The average molecular weight is 288 g/mol. The molecule has 1 heterocycles. The minimum Gasteiger partial charge on any atom is -0.465 e. The molecule has 1 N–H and O–H groups in total. The third kappa shape index (κ3) is 3.54. The second-order valence-electron chi connectivity index (χ2n) is 3.75. The van der Waals surface area contributed by atoms with Gasteiger partial charge >= 0.3 is 11.7 Å². The topological polar surface area (TPSA) is 94.4 Å². The number of ether oxygens (including phenoxy) is 1. The Bertz CT molecular complexity index is 519. The number of nitrogens with zero attached hydrogens (tertiary/aromatic N) is 2. The first kappa shape index (κ1) is 15.2. The molecule has 0 aromatic carbocycles. The van der Waals surface area contributed by atoms with Gasteiger partial charge < -0.3 is 10.1 Å². The van der Waals surface area contributed by atoms with E-state index in [4.69, 9.17) is 16.3 Å². The van der Waals surface area contributed by atoms with Gasteiger partial charge in [0.25, 0.3) is 0 Å². The number of nitrogens with one attached hydrogen (secondary N) is 1. The van der Waals surface area contributed by atoms with E-state index in [0.29, 0.717) is 11.3 Å². The Kier molecular flexibility index (Phi) is 5.05. The largest absolute Gasteiger partial charge is 0.465 e. The first-order valence-electron chi connectivity index (χ1n) is 5.59. The van der Waals surface area contributed by atoms with Crippen molar-refractivity contribution in [3.63, 3.8) is 0 Å². The molecule has 1 aromatic heterocycles. The second kappa shape index (κ2) is 6.33. The highest BCUT2D eigenvalue weighted by Crippen LogP contribution is 2.35. The summed E-state index contributed by atoms with van der Waals surface area (Å²) in [6.07, 6.45) is 0. The summed E-state index contributed by atoms with van der Waals surface area (Å²) in [4.78, 5) is 25.5. The van der Waals surface area contributed by atoms with Crippen LogP contribution in [0.4, 0.5) is 11.4 Å². The van der Waals surface area contributed by atoms with Crippen molar-refractivity contribution in [2.45, 2.75) is 20.8 Å². The van der Waals surface area contributed by atoms with Crippen molar-refractivity contribution in [3.8, 4) is 0 Å². The van der Waals surface area contributed by atoms with E-state index in [-0.39, 0.29) is 29.7 Å². The van der Waals surface area contributed by atoms with Crippen molar-refractivity contribution in [1.29, 1.82) is 0 Å². The monoisotopic (exact) mass is 287 g/mol. The fraction of sp³-hybridized carbons (Fsp3) is 0.455. The van der Waals surface area contributed by atoms with E-state index >= 15 is 0 Å². The van der Waals surface area contributed by atoms with Gasteiger partial charge in [-0.25, -0.2) is 4.98 Å². The second-order valence-corrected chi connectivity index (χ2v) is 4.11. The lowest BCUT2D eigenvalue weighted by molar-refractivity contribution is -0.384. The van der Waals surface area contributed by atoms with Gasteiger partial charge in [0, 0.05) is 11.3 Å². The third-order valence-electron chi connectivity index (χ3n) is 2.51. The van der Waals surface area contributed by atoms with Crippen molar-refractivity contribution >= 4 is 28.9 Å². The predicted molar refractivity (Wildman–Crippen MR) is 70.5 cm³/mol. The van der Waals surface area contributed by atoms with E-state index in [9.17, 15) is 14.9 Å². The zero-order valence-corrected chi connectivity index (χ0v) is 11.6. The number of carbonyl (C=O) groups is 1. The molecule has 1 aromatic rings. The Morgan fingerprint density at radius 1 is 1.53 bits per heavy atom. The Hall–Kier alpha value is -1.89. The molecular formula is C11H14ClN3O4. The lowest BCUT2D eigenvalue weighted by atomic mass is 10.1. The van der Waals surface area contributed by atoms with Crippen LogP contribution in [0.1, 0.15) is 18.2 Å². The van der Waals surface area contributed by atoms with Crippen LogP contribution in [-0.4, -0.2) is 29.0 Å². The minimum absolute atomic E-state index is 0.171. The molecule has 0 aliphatic rings. The first-order valence-corrected chi connectivity index (χ1v) is 5.96. The number of carbonyl (C=O) groups excluding carboxylic acids is 1. The molecular weight excluding hydrogens is 274 g/mol. The summed E-state index contributed by atoms with van der Waals surface area (Å²) >= 11 is 5.77. The summed E-state index contributed by atoms with van der Waals surface area (Å²) in [5, 5.41) is 13.5. The van der Waals surface area contributed by atoms with Crippen molar-refractivity contribution in [2.24, 2.45) is 0 Å². The van der Waals surface area contributed by atoms with Crippen molar-refractivity contribution < 1.29 is 14.5 Å². The maximum atomic E-state index is 11.3. The summed E-state index contributed by atoms with van der Waals surface area (Å²) in [6, 6.07) is 0. The number of anilines is 1. The number of hydrogen-bond acceptors (Lipinski definition) is 6. The third-order valence-corrected chi connectivity index (χ3v) is 2.78. The molecule has 0 saturated heterocycles. The molecule has 0 bridgehead atoms. The van der Waals surface area contributed by atoms with Gasteiger partial charge in [0.05, 0.1) is 11.5 Å². The summed E-state index contributed by atoms with van der Waals surface area (Å²) in [7, 11) is 0. The molecule has 0 atom stereocenters. The Labute approximate surface area is 115 Å². The number of nitro groups is 1. The lowest BCUT2D eigenvalue weighted by Crippen LogP contribution is -2.18. The van der Waals surface area contributed by atoms with Crippen molar-refractivity contribution in [3.05, 3.63) is 26.5 Å². The number of rotatable bonds is 5. The molecule has 0 radical (unpaired) electrons. The molecule has 7 nitrogen and oxygen atoms in total.